The smallest absolute Gasteiger partial charge is 0.326 e. The van der Waals surface area contributed by atoms with E-state index in [4.69, 9.17) is 5.73 Å². The maximum atomic E-state index is 11.6. The molecule has 0 spiro atoms. The van der Waals surface area contributed by atoms with Crippen molar-refractivity contribution in [3.05, 3.63) is 44.6 Å². The molecule has 0 bridgehead atoms. The lowest BCUT2D eigenvalue weighted by molar-refractivity contribution is 0.0151. The molecule has 0 aliphatic heterocycles. The van der Waals surface area contributed by atoms with Crippen LogP contribution in [0.3, 0.4) is 0 Å². The molecule has 2 unspecified atom stereocenters. The van der Waals surface area contributed by atoms with Crippen molar-refractivity contribution in [2.45, 2.75) is 18.6 Å². The lowest BCUT2D eigenvalue weighted by Gasteiger charge is -2.17. The van der Waals surface area contributed by atoms with Crippen molar-refractivity contribution in [3.8, 4) is 0 Å². The number of H-pyrrole nitrogens is 2. The molecule has 7 nitrogen and oxygen atoms in total. The lowest BCUT2D eigenvalue weighted by atomic mass is 10.0. The van der Waals surface area contributed by atoms with Gasteiger partial charge in [0.1, 0.15) is 6.10 Å². The van der Waals surface area contributed by atoms with Crippen molar-refractivity contribution in [1.29, 1.82) is 0 Å². The number of nitrogens with one attached hydrogen (secondary N) is 2. The summed E-state index contributed by atoms with van der Waals surface area (Å²) in [5, 5.41) is 19.9. The standard InChI is InChI=1S/C12H15N3O4/c13-4-3-9(16)10(17)6-1-2-8-7(5-6)11(18)15-12(19)14-8/h1-2,5,9-10,16-17H,3-4,13H2,(H2,14,15,18,19). The van der Waals surface area contributed by atoms with Gasteiger partial charge in [0.2, 0.25) is 0 Å². The molecule has 0 amide bonds. The Morgan fingerprint density at radius 2 is 1.95 bits per heavy atom. The van der Waals surface area contributed by atoms with E-state index in [2.05, 4.69) is 9.97 Å². The molecule has 1 aromatic heterocycles. The molecule has 0 radical (unpaired) electrons. The molecule has 0 saturated heterocycles. The fraction of sp³-hybridized carbons (Fsp3) is 0.333. The maximum Gasteiger partial charge on any atom is 0.326 e. The Hall–Kier alpha value is -1.96. The molecule has 0 aliphatic carbocycles. The molecule has 1 heterocycles. The Balaban J connectivity index is 2.47. The molecule has 0 aliphatic rings. The first kappa shape index (κ1) is 13.5. The summed E-state index contributed by atoms with van der Waals surface area (Å²) in [7, 11) is 0. The van der Waals surface area contributed by atoms with Crippen LogP contribution >= 0.6 is 0 Å². The maximum absolute atomic E-state index is 11.6. The summed E-state index contributed by atoms with van der Waals surface area (Å²) in [6, 6.07) is 4.50. The molecular weight excluding hydrogens is 250 g/mol. The van der Waals surface area contributed by atoms with Gasteiger partial charge in [0, 0.05) is 0 Å². The van der Waals surface area contributed by atoms with Crippen molar-refractivity contribution in [3.63, 3.8) is 0 Å². The van der Waals surface area contributed by atoms with Crippen LogP contribution in [-0.4, -0.2) is 32.8 Å². The van der Waals surface area contributed by atoms with Crippen LogP contribution in [0.4, 0.5) is 0 Å². The highest BCUT2D eigenvalue weighted by Gasteiger charge is 2.18. The number of aromatic nitrogens is 2. The van der Waals surface area contributed by atoms with Gasteiger partial charge in [0.25, 0.3) is 5.56 Å². The summed E-state index contributed by atoms with van der Waals surface area (Å²) in [5.41, 5.74) is 4.95. The first-order valence-electron chi connectivity index (χ1n) is 5.85. The van der Waals surface area contributed by atoms with Gasteiger partial charge in [0.05, 0.1) is 17.0 Å². The van der Waals surface area contributed by atoms with Gasteiger partial charge in [-0.3, -0.25) is 9.78 Å². The van der Waals surface area contributed by atoms with Crippen molar-refractivity contribution < 1.29 is 10.2 Å². The Labute approximate surface area is 107 Å². The number of aliphatic hydroxyl groups is 2. The van der Waals surface area contributed by atoms with E-state index in [1.165, 1.54) is 12.1 Å². The van der Waals surface area contributed by atoms with E-state index >= 15 is 0 Å². The summed E-state index contributed by atoms with van der Waals surface area (Å²) >= 11 is 0. The molecule has 1 aromatic carbocycles. The molecule has 2 rings (SSSR count). The van der Waals surface area contributed by atoms with Crippen LogP contribution in [0.15, 0.2) is 27.8 Å². The van der Waals surface area contributed by atoms with Crippen LogP contribution in [0.1, 0.15) is 18.1 Å². The van der Waals surface area contributed by atoms with Crippen molar-refractivity contribution >= 4 is 10.9 Å². The first-order valence-corrected chi connectivity index (χ1v) is 5.85. The zero-order chi connectivity index (χ0) is 14.0. The summed E-state index contributed by atoms with van der Waals surface area (Å²) in [4.78, 5) is 27.3. The topological polar surface area (TPSA) is 132 Å². The van der Waals surface area contributed by atoms with E-state index in [1.807, 2.05) is 0 Å². The van der Waals surface area contributed by atoms with E-state index in [0.29, 0.717) is 11.1 Å². The van der Waals surface area contributed by atoms with Crippen LogP contribution < -0.4 is 17.0 Å². The van der Waals surface area contributed by atoms with Crippen LogP contribution in [0.2, 0.25) is 0 Å². The number of fused-ring (bicyclic) bond motifs is 1. The van der Waals surface area contributed by atoms with Gasteiger partial charge in [-0.15, -0.1) is 0 Å². The fourth-order valence-electron chi connectivity index (χ4n) is 1.92. The predicted molar refractivity (Wildman–Crippen MR) is 69.8 cm³/mol. The number of rotatable bonds is 4. The Kier molecular flexibility index (Phi) is 3.79. The minimum absolute atomic E-state index is 0.246. The van der Waals surface area contributed by atoms with Crippen LogP contribution in [0.25, 0.3) is 10.9 Å². The van der Waals surface area contributed by atoms with Gasteiger partial charge >= 0.3 is 5.69 Å². The number of hydrogen-bond donors (Lipinski definition) is 5. The van der Waals surface area contributed by atoms with Gasteiger partial charge in [-0.2, -0.15) is 0 Å². The van der Waals surface area contributed by atoms with Gasteiger partial charge < -0.3 is 20.9 Å². The molecule has 2 aromatic rings. The summed E-state index contributed by atoms with van der Waals surface area (Å²) in [6.07, 6.45) is -1.87. The molecule has 19 heavy (non-hydrogen) atoms. The second-order valence-electron chi connectivity index (χ2n) is 4.30. The van der Waals surface area contributed by atoms with E-state index in [-0.39, 0.29) is 18.4 Å². The fourth-order valence-corrected chi connectivity index (χ4v) is 1.92. The normalized spacial score (nSPS) is 14.5. The van der Waals surface area contributed by atoms with Gasteiger partial charge in [0.15, 0.2) is 0 Å². The second-order valence-corrected chi connectivity index (χ2v) is 4.30. The van der Waals surface area contributed by atoms with E-state index < -0.39 is 23.5 Å². The largest absolute Gasteiger partial charge is 0.390 e. The Bertz CT molecular complexity index is 691. The van der Waals surface area contributed by atoms with E-state index in [0.717, 1.165) is 0 Å². The summed E-state index contributed by atoms with van der Waals surface area (Å²) < 4.78 is 0. The molecule has 0 saturated carbocycles. The summed E-state index contributed by atoms with van der Waals surface area (Å²) in [6.45, 7) is 0.250. The summed E-state index contributed by atoms with van der Waals surface area (Å²) in [5.74, 6) is 0. The Morgan fingerprint density at radius 3 is 2.63 bits per heavy atom. The van der Waals surface area contributed by atoms with Crippen molar-refractivity contribution in [1.82, 2.24) is 9.97 Å². The molecular formula is C12H15N3O4. The van der Waals surface area contributed by atoms with Crippen LogP contribution in [0.5, 0.6) is 0 Å². The average molecular weight is 265 g/mol. The third-order valence-electron chi connectivity index (χ3n) is 2.93. The van der Waals surface area contributed by atoms with Gasteiger partial charge in [-0.1, -0.05) is 6.07 Å². The second kappa shape index (κ2) is 5.35. The van der Waals surface area contributed by atoms with Gasteiger partial charge in [-0.05, 0) is 30.7 Å². The van der Waals surface area contributed by atoms with Crippen LogP contribution in [0, 0.1) is 0 Å². The third kappa shape index (κ3) is 2.73. The molecule has 2 atom stereocenters. The molecule has 7 heteroatoms. The Morgan fingerprint density at radius 1 is 1.21 bits per heavy atom. The third-order valence-corrected chi connectivity index (χ3v) is 2.93. The van der Waals surface area contributed by atoms with Gasteiger partial charge in [-0.25, -0.2) is 4.79 Å². The number of aromatic amines is 2. The number of benzene rings is 1. The predicted octanol–water partition coefficient (Wildman–Crippen LogP) is -1.04. The van der Waals surface area contributed by atoms with Crippen molar-refractivity contribution in [2.24, 2.45) is 5.73 Å². The van der Waals surface area contributed by atoms with E-state index in [1.54, 1.807) is 6.07 Å². The average Bonchev–Trinajstić information content (AvgIpc) is 2.37. The minimum Gasteiger partial charge on any atom is -0.390 e. The molecule has 6 N–H and O–H groups in total. The SMILES string of the molecule is NCCC(O)C(O)c1ccc2[nH]c(=O)[nH]c(=O)c2c1. The first-order chi connectivity index (χ1) is 9.02. The zero-order valence-corrected chi connectivity index (χ0v) is 10.1. The minimum atomic E-state index is -1.13. The highest BCUT2D eigenvalue weighted by Crippen LogP contribution is 2.20. The zero-order valence-electron chi connectivity index (χ0n) is 10.1. The molecule has 102 valence electrons. The van der Waals surface area contributed by atoms with Crippen molar-refractivity contribution in [2.75, 3.05) is 6.54 Å². The quantitative estimate of drug-likeness (QED) is 0.481. The number of hydrogen-bond acceptors (Lipinski definition) is 5. The highest BCUT2D eigenvalue weighted by atomic mass is 16.3. The van der Waals surface area contributed by atoms with Crippen LogP contribution in [-0.2, 0) is 0 Å². The van der Waals surface area contributed by atoms with E-state index in [9.17, 15) is 19.8 Å². The highest BCUT2D eigenvalue weighted by molar-refractivity contribution is 5.77. The molecule has 0 fully saturated rings. The lowest BCUT2D eigenvalue weighted by Crippen LogP contribution is -2.24. The number of nitrogens with two attached hydrogens (primary N) is 1. The number of aliphatic hydroxyl groups excluding tert-OH is 2. The monoisotopic (exact) mass is 265 g/mol.